The van der Waals surface area contributed by atoms with Crippen LogP contribution in [0, 0.1) is 0 Å². The number of hydrogen-bond acceptors (Lipinski definition) is 5. The first-order chi connectivity index (χ1) is 20.6. The molecule has 11 heteroatoms. The summed E-state index contributed by atoms with van der Waals surface area (Å²) in [4.78, 5) is 29.3. The molecule has 1 fully saturated rings. The summed E-state index contributed by atoms with van der Waals surface area (Å²) >= 11 is 12.3. The van der Waals surface area contributed by atoms with Crippen molar-refractivity contribution in [1.82, 2.24) is 10.2 Å². The highest BCUT2D eigenvalue weighted by Crippen LogP contribution is 2.28. The van der Waals surface area contributed by atoms with Crippen molar-refractivity contribution in [2.24, 2.45) is 0 Å². The van der Waals surface area contributed by atoms with Crippen LogP contribution in [-0.2, 0) is 26.2 Å². The Bertz CT molecular complexity index is 1490. The van der Waals surface area contributed by atoms with E-state index in [1.54, 1.807) is 37.4 Å². The van der Waals surface area contributed by atoms with Crippen LogP contribution in [0.25, 0.3) is 0 Å². The highest BCUT2D eigenvalue weighted by atomic mass is 35.5. The van der Waals surface area contributed by atoms with Crippen molar-refractivity contribution in [2.75, 3.05) is 18.0 Å². The van der Waals surface area contributed by atoms with Crippen molar-refractivity contribution in [3.63, 3.8) is 0 Å². The van der Waals surface area contributed by atoms with E-state index in [2.05, 4.69) is 5.32 Å². The van der Waals surface area contributed by atoms with E-state index in [0.717, 1.165) is 42.0 Å². The van der Waals surface area contributed by atoms with Gasteiger partial charge in [-0.1, -0.05) is 67.6 Å². The van der Waals surface area contributed by atoms with Crippen molar-refractivity contribution < 1.29 is 22.7 Å². The molecule has 0 unspecified atom stereocenters. The summed E-state index contributed by atoms with van der Waals surface area (Å²) < 4.78 is 34.2. The molecule has 3 aromatic carbocycles. The number of carbonyl (C=O) groups excluding carboxylic acids is 2. The largest absolute Gasteiger partial charge is 0.497 e. The summed E-state index contributed by atoms with van der Waals surface area (Å²) in [6.07, 6.45) is 5.39. The number of rotatable bonds is 12. The number of anilines is 1. The van der Waals surface area contributed by atoms with Crippen LogP contribution in [0.2, 0.25) is 10.0 Å². The van der Waals surface area contributed by atoms with Gasteiger partial charge in [0.2, 0.25) is 11.8 Å². The molecule has 0 heterocycles. The minimum absolute atomic E-state index is 0.0338. The lowest BCUT2D eigenvalue weighted by atomic mass is 9.95. The number of nitrogens with zero attached hydrogens (tertiary/aromatic N) is 2. The molecule has 1 atom stereocenters. The monoisotopic (exact) mass is 645 g/mol. The maximum absolute atomic E-state index is 14.2. The van der Waals surface area contributed by atoms with E-state index < -0.39 is 28.5 Å². The summed E-state index contributed by atoms with van der Waals surface area (Å²) in [7, 11) is -2.65. The Hall–Kier alpha value is -3.27. The Morgan fingerprint density at radius 3 is 2.23 bits per heavy atom. The number of methoxy groups -OCH3 is 1. The van der Waals surface area contributed by atoms with E-state index in [1.165, 1.54) is 35.2 Å². The number of amides is 2. The van der Waals surface area contributed by atoms with Crippen LogP contribution in [0.3, 0.4) is 0 Å². The van der Waals surface area contributed by atoms with Gasteiger partial charge >= 0.3 is 0 Å². The van der Waals surface area contributed by atoms with Crippen LogP contribution in [-0.4, -0.2) is 50.9 Å². The molecule has 4 rings (SSSR count). The van der Waals surface area contributed by atoms with Gasteiger partial charge in [-0.15, -0.1) is 0 Å². The molecule has 1 aliphatic rings. The normalized spacial score (nSPS) is 14.5. The van der Waals surface area contributed by atoms with Crippen LogP contribution in [0.1, 0.15) is 51.0 Å². The summed E-state index contributed by atoms with van der Waals surface area (Å²) in [5, 5.41) is 3.84. The van der Waals surface area contributed by atoms with E-state index in [-0.39, 0.29) is 29.1 Å². The van der Waals surface area contributed by atoms with Crippen molar-refractivity contribution in [2.45, 2.75) is 69.0 Å². The predicted octanol–water partition coefficient (Wildman–Crippen LogP) is 6.45. The molecule has 8 nitrogen and oxygen atoms in total. The topological polar surface area (TPSA) is 96.0 Å². The molecule has 230 valence electrons. The number of benzene rings is 3. The van der Waals surface area contributed by atoms with Gasteiger partial charge < -0.3 is 15.0 Å². The lowest BCUT2D eigenvalue weighted by Crippen LogP contribution is -2.54. The number of sulfonamides is 1. The van der Waals surface area contributed by atoms with Gasteiger partial charge in [-0.05, 0) is 79.4 Å². The second-order valence-electron chi connectivity index (χ2n) is 10.6. The fourth-order valence-corrected chi connectivity index (χ4v) is 7.00. The van der Waals surface area contributed by atoms with Crippen LogP contribution in [0.5, 0.6) is 5.75 Å². The van der Waals surface area contributed by atoms with Crippen molar-refractivity contribution in [3.8, 4) is 5.75 Å². The van der Waals surface area contributed by atoms with Crippen molar-refractivity contribution in [3.05, 3.63) is 88.4 Å². The average molecular weight is 647 g/mol. The predicted molar refractivity (Wildman–Crippen MR) is 170 cm³/mol. The Balaban J connectivity index is 1.70. The standard InChI is InChI=1S/C32H37Cl2N3O5S/c1-3-30(32(39)35-26-9-5-4-6-10-26)36(21-23-12-16-28(42-2)17-13-23)31(38)22-37(27-11-7-8-25(34)20-27)43(40,41)29-18-14-24(33)15-19-29/h7-8,11-20,26,30H,3-6,9-10,21-22H2,1-2H3,(H,35,39)/t30-/m0/s1. The minimum atomic E-state index is -4.22. The lowest BCUT2D eigenvalue weighted by Gasteiger charge is -2.34. The SMILES string of the molecule is CC[C@@H](C(=O)NC1CCCCC1)N(Cc1ccc(OC)cc1)C(=O)CN(c1cccc(Cl)c1)S(=O)(=O)c1ccc(Cl)cc1. The molecular formula is C32H37Cl2N3O5S. The molecule has 0 aliphatic heterocycles. The fraction of sp³-hybridized carbons (Fsp3) is 0.375. The Morgan fingerprint density at radius 2 is 1.63 bits per heavy atom. The third-order valence-electron chi connectivity index (χ3n) is 7.63. The molecule has 0 spiro atoms. The van der Waals surface area contributed by atoms with E-state index in [1.807, 2.05) is 19.1 Å². The number of ether oxygens (including phenoxy) is 1. The van der Waals surface area contributed by atoms with Crippen LogP contribution >= 0.6 is 23.2 Å². The molecule has 0 saturated heterocycles. The molecule has 0 radical (unpaired) electrons. The zero-order valence-corrected chi connectivity index (χ0v) is 26.7. The Morgan fingerprint density at radius 1 is 0.953 bits per heavy atom. The van der Waals surface area contributed by atoms with Gasteiger partial charge in [0.05, 0.1) is 17.7 Å². The first-order valence-electron chi connectivity index (χ1n) is 14.4. The fourth-order valence-electron chi connectivity index (χ4n) is 5.29. The first kappa shape index (κ1) is 32.6. The van der Waals surface area contributed by atoms with Crippen LogP contribution in [0.4, 0.5) is 5.69 Å². The Kier molecular flexibility index (Phi) is 11.3. The molecule has 0 bridgehead atoms. The molecule has 0 aromatic heterocycles. The highest BCUT2D eigenvalue weighted by molar-refractivity contribution is 7.92. The zero-order chi connectivity index (χ0) is 31.0. The first-order valence-corrected chi connectivity index (χ1v) is 16.6. The van der Waals surface area contributed by atoms with Gasteiger partial charge in [0.15, 0.2) is 0 Å². The van der Waals surface area contributed by atoms with Crippen LogP contribution < -0.4 is 14.4 Å². The number of nitrogens with one attached hydrogen (secondary N) is 1. The van der Waals surface area contributed by atoms with Crippen LogP contribution in [0.15, 0.2) is 77.7 Å². The molecule has 1 N–H and O–H groups in total. The lowest BCUT2D eigenvalue weighted by molar-refractivity contribution is -0.140. The average Bonchev–Trinajstić information content (AvgIpc) is 3.00. The molecular weight excluding hydrogens is 609 g/mol. The Labute approximate surface area is 264 Å². The summed E-state index contributed by atoms with van der Waals surface area (Å²) in [5.74, 6) is -0.116. The minimum Gasteiger partial charge on any atom is -0.497 e. The van der Waals surface area contributed by atoms with Crippen molar-refractivity contribution in [1.29, 1.82) is 0 Å². The molecule has 2 amide bonds. The maximum Gasteiger partial charge on any atom is 0.264 e. The summed E-state index contributed by atoms with van der Waals surface area (Å²) in [6.45, 7) is 1.40. The summed E-state index contributed by atoms with van der Waals surface area (Å²) in [6, 6.07) is 18.5. The maximum atomic E-state index is 14.2. The zero-order valence-electron chi connectivity index (χ0n) is 24.3. The third-order valence-corrected chi connectivity index (χ3v) is 9.90. The van der Waals surface area contributed by atoms with Gasteiger partial charge in [-0.2, -0.15) is 0 Å². The van der Waals surface area contributed by atoms with E-state index in [4.69, 9.17) is 27.9 Å². The van der Waals surface area contributed by atoms with Gasteiger partial charge in [0.1, 0.15) is 18.3 Å². The summed E-state index contributed by atoms with van der Waals surface area (Å²) in [5.41, 5.74) is 0.993. The van der Waals surface area contributed by atoms with Gasteiger partial charge in [0, 0.05) is 22.6 Å². The van der Waals surface area contributed by atoms with Gasteiger partial charge in [-0.25, -0.2) is 8.42 Å². The molecule has 3 aromatic rings. The van der Waals surface area contributed by atoms with E-state index in [0.29, 0.717) is 22.2 Å². The third kappa shape index (κ3) is 8.43. The molecule has 43 heavy (non-hydrogen) atoms. The van der Waals surface area contributed by atoms with E-state index >= 15 is 0 Å². The number of halogens is 2. The van der Waals surface area contributed by atoms with Gasteiger partial charge in [-0.3, -0.25) is 13.9 Å². The number of carbonyl (C=O) groups is 2. The molecule has 1 aliphatic carbocycles. The second-order valence-corrected chi connectivity index (χ2v) is 13.3. The highest BCUT2D eigenvalue weighted by Gasteiger charge is 2.34. The number of hydrogen-bond donors (Lipinski definition) is 1. The quantitative estimate of drug-likeness (QED) is 0.244. The van der Waals surface area contributed by atoms with E-state index in [9.17, 15) is 18.0 Å². The second kappa shape index (κ2) is 14.9. The molecule has 1 saturated carbocycles. The van der Waals surface area contributed by atoms with Crippen molar-refractivity contribution >= 4 is 50.7 Å². The smallest absolute Gasteiger partial charge is 0.264 e. The van der Waals surface area contributed by atoms with Gasteiger partial charge in [0.25, 0.3) is 10.0 Å².